The molecule has 3 rings (SSSR count). The molecule has 4 heteroatoms. The summed E-state index contributed by atoms with van der Waals surface area (Å²) in [5.41, 5.74) is 4.88. The molecule has 1 fully saturated rings. The van der Waals surface area contributed by atoms with E-state index in [1.807, 2.05) is 18.7 Å². The van der Waals surface area contributed by atoms with Crippen molar-refractivity contribution in [1.29, 1.82) is 0 Å². The van der Waals surface area contributed by atoms with Crippen molar-refractivity contribution >= 4 is 0 Å². The Bertz CT molecular complexity index is 641. The van der Waals surface area contributed by atoms with Crippen LogP contribution in [0.2, 0.25) is 0 Å². The molecule has 22 heavy (non-hydrogen) atoms. The van der Waals surface area contributed by atoms with Gasteiger partial charge in [0.25, 0.3) is 0 Å². The Hall–Kier alpha value is -1.81. The van der Waals surface area contributed by atoms with Gasteiger partial charge in [0, 0.05) is 19.6 Å². The molecule has 4 nitrogen and oxygen atoms in total. The molecule has 1 atom stereocenters. The molecule has 1 heterocycles. The third-order valence-corrected chi connectivity index (χ3v) is 4.51. The zero-order chi connectivity index (χ0) is 15.7. The third-order valence-electron chi connectivity index (χ3n) is 4.51. The average molecular weight is 299 g/mol. The van der Waals surface area contributed by atoms with Crippen LogP contribution in [-0.4, -0.2) is 16.9 Å². The Morgan fingerprint density at radius 3 is 2.55 bits per heavy atom. The van der Waals surface area contributed by atoms with Gasteiger partial charge >= 0.3 is 0 Å². The van der Waals surface area contributed by atoms with Crippen molar-refractivity contribution < 1.29 is 4.74 Å². The predicted molar refractivity (Wildman–Crippen MR) is 88.0 cm³/mol. The van der Waals surface area contributed by atoms with Crippen LogP contribution < -0.4 is 10.1 Å². The number of aromatic nitrogens is 2. The maximum Gasteiger partial charge on any atom is 0.216 e. The maximum atomic E-state index is 5.49. The summed E-state index contributed by atoms with van der Waals surface area (Å²) in [5.74, 6) is 1.61. The molecule has 1 aliphatic rings. The van der Waals surface area contributed by atoms with Crippen LogP contribution in [0.3, 0.4) is 0 Å². The Morgan fingerprint density at radius 2 is 1.95 bits per heavy atom. The van der Waals surface area contributed by atoms with E-state index in [9.17, 15) is 0 Å². The Morgan fingerprint density at radius 1 is 1.27 bits per heavy atom. The summed E-state index contributed by atoms with van der Waals surface area (Å²) in [7, 11) is 3.63. The molecule has 1 aromatic heterocycles. The summed E-state index contributed by atoms with van der Waals surface area (Å²) in [6, 6.07) is 9.31. The zero-order valence-electron chi connectivity index (χ0n) is 13.9. The van der Waals surface area contributed by atoms with E-state index in [1.54, 1.807) is 7.11 Å². The van der Waals surface area contributed by atoms with Gasteiger partial charge in [-0.05, 0) is 38.2 Å². The number of hydrogen-bond donors (Lipinski definition) is 1. The first-order valence-corrected chi connectivity index (χ1v) is 7.96. The second-order valence-electron chi connectivity index (χ2n) is 6.30. The quantitative estimate of drug-likeness (QED) is 0.889. The first-order valence-electron chi connectivity index (χ1n) is 7.96. The molecule has 1 N–H and O–H groups in total. The van der Waals surface area contributed by atoms with E-state index < -0.39 is 0 Å². The highest BCUT2D eigenvalue weighted by atomic mass is 16.5. The smallest absolute Gasteiger partial charge is 0.216 e. The molecular weight excluding hydrogens is 274 g/mol. The van der Waals surface area contributed by atoms with Gasteiger partial charge < -0.3 is 10.1 Å². The van der Waals surface area contributed by atoms with Crippen LogP contribution in [-0.2, 0) is 13.6 Å². The molecular formula is C18H25N3O. The second-order valence-corrected chi connectivity index (χ2v) is 6.30. The fourth-order valence-corrected chi connectivity index (χ4v) is 3.11. The van der Waals surface area contributed by atoms with E-state index in [1.165, 1.54) is 24.0 Å². The third kappa shape index (κ3) is 3.02. The lowest BCUT2D eigenvalue weighted by Crippen LogP contribution is -2.23. The van der Waals surface area contributed by atoms with E-state index >= 15 is 0 Å². The lowest BCUT2D eigenvalue weighted by Gasteiger charge is -2.19. The highest BCUT2D eigenvalue weighted by Gasteiger charge is 2.32. The van der Waals surface area contributed by atoms with E-state index in [0.717, 1.165) is 29.6 Å². The normalized spacial score (nSPS) is 15.8. The van der Waals surface area contributed by atoms with Crippen molar-refractivity contribution in [2.24, 2.45) is 13.0 Å². The van der Waals surface area contributed by atoms with Gasteiger partial charge in [-0.15, -0.1) is 0 Å². The van der Waals surface area contributed by atoms with Crippen LogP contribution in [0.5, 0.6) is 5.88 Å². The summed E-state index contributed by atoms with van der Waals surface area (Å²) >= 11 is 0. The standard InChI is InChI=1S/C18H25N3O/c1-12-5-7-14(8-6-12)17(15-9-10-15)19-11-16-13(2)20-21(3)18(16)22-4/h5-8,15,17,19H,9-11H2,1-4H3. The molecule has 1 aromatic carbocycles. The molecule has 0 aliphatic heterocycles. The largest absolute Gasteiger partial charge is 0.481 e. The van der Waals surface area contributed by atoms with Crippen LogP contribution in [0, 0.1) is 19.8 Å². The van der Waals surface area contributed by atoms with Gasteiger partial charge in [-0.25, -0.2) is 4.68 Å². The van der Waals surface area contributed by atoms with E-state index in [-0.39, 0.29) is 0 Å². The molecule has 0 spiro atoms. The van der Waals surface area contributed by atoms with Crippen LogP contribution in [0.15, 0.2) is 24.3 Å². The fourth-order valence-electron chi connectivity index (χ4n) is 3.11. The molecule has 1 aliphatic carbocycles. The van der Waals surface area contributed by atoms with E-state index in [4.69, 9.17) is 4.74 Å². The monoisotopic (exact) mass is 299 g/mol. The van der Waals surface area contributed by atoms with Crippen molar-refractivity contribution in [2.75, 3.05) is 7.11 Å². The number of nitrogens with zero attached hydrogens (tertiary/aromatic N) is 2. The van der Waals surface area contributed by atoms with Gasteiger partial charge in [-0.3, -0.25) is 0 Å². The number of methoxy groups -OCH3 is 1. The minimum atomic E-state index is 0.421. The Balaban J connectivity index is 1.77. The molecule has 0 saturated heterocycles. The summed E-state index contributed by atoms with van der Waals surface area (Å²) in [5, 5.41) is 8.19. The molecule has 2 aromatic rings. The van der Waals surface area contributed by atoms with Crippen molar-refractivity contribution in [3.8, 4) is 5.88 Å². The van der Waals surface area contributed by atoms with Gasteiger partial charge in [-0.1, -0.05) is 29.8 Å². The SMILES string of the molecule is COc1c(CNC(c2ccc(C)cc2)C2CC2)c(C)nn1C. The Labute approximate surface area is 132 Å². The number of rotatable bonds is 6. The van der Waals surface area contributed by atoms with Crippen LogP contribution in [0.25, 0.3) is 0 Å². The van der Waals surface area contributed by atoms with Gasteiger partial charge in [0.15, 0.2) is 0 Å². The van der Waals surface area contributed by atoms with Crippen molar-refractivity contribution in [2.45, 2.75) is 39.3 Å². The summed E-state index contributed by atoms with van der Waals surface area (Å²) in [6.45, 7) is 4.96. The summed E-state index contributed by atoms with van der Waals surface area (Å²) < 4.78 is 7.30. The number of benzene rings is 1. The Kier molecular flexibility index (Phi) is 4.21. The number of aryl methyl sites for hydroxylation is 3. The molecule has 118 valence electrons. The number of ether oxygens (including phenoxy) is 1. The first kappa shape index (κ1) is 15.1. The van der Waals surface area contributed by atoms with Gasteiger partial charge in [-0.2, -0.15) is 5.10 Å². The topological polar surface area (TPSA) is 39.1 Å². The molecule has 0 radical (unpaired) electrons. The van der Waals surface area contributed by atoms with Gasteiger partial charge in [0.1, 0.15) is 0 Å². The highest BCUT2D eigenvalue weighted by Crippen LogP contribution is 2.41. The van der Waals surface area contributed by atoms with Crippen LogP contribution >= 0.6 is 0 Å². The number of nitrogens with one attached hydrogen (secondary N) is 1. The average Bonchev–Trinajstić information content (AvgIpc) is 3.28. The number of hydrogen-bond acceptors (Lipinski definition) is 3. The molecule has 0 bridgehead atoms. The highest BCUT2D eigenvalue weighted by molar-refractivity contribution is 5.31. The molecule has 0 amide bonds. The fraction of sp³-hybridized carbons (Fsp3) is 0.500. The van der Waals surface area contributed by atoms with Crippen LogP contribution in [0.1, 0.15) is 41.3 Å². The lowest BCUT2D eigenvalue weighted by molar-refractivity contribution is 0.365. The second kappa shape index (κ2) is 6.13. The van der Waals surface area contributed by atoms with Gasteiger partial charge in [0.05, 0.1) is 18.4 Å². The van der Waals surface area contributed by atoms with Crippen molar-refractivity contribution in [3.05, 3.63) is 46.6 Å². The molecule has 1 unspecified atom stereocenters. The van der Waals surface area contributed by atoms with Crippen LogP contribution in [0.4, 0.5) is 0 Å². The zero-order valence-corrected chi connectivity index (χ0v) is 13.9. The van der Waals surface area contributed by atoms with E-state index in [2.05, 4.69) is 41.6 Å². The van der Waals surface area contributed by atoms with Crippen molar-refractivity contribution in [3.63, 3.8) is 0 Å². The molecule has 1 saturated carbocycles. The maximum absolute atomic E-state index is 5.49. The summed E-state index contributed by atoms with van der Waals surface area (Å²) in [6.07, 6.45) is 2.63. The predicted octanol–water partition coefficient (Wildman–Crippen LogP) is 3.29. The first-order chi connectivity index (χ1) is 10.6. The van der Waals surface area contributed by atoms with E-state index in [0.29, 0.717) is 6.04 Å². The lowest BCUT2D eigenvalue weighted by atomic mass is 10.0. The minimum absolute atomic E-state index is 0.421. The summed E-state index contributed by atoms with van der Waals surface area (Å²) in [4.78, 5) is 0. The van der Waals surface area contributed by atoms with Gasteiger partial charge in [0.2, 0.25) is 5.88 Å². The minimum Gasteiger partial charge on any atom is -0.481 e. The van der Waals surface area contributed by atoms with Crippen molar-refractivity contribution in [1.82, 2.24) is 15.1 Å².